The third-order valence-corrected chi connectivity index (χ3v) is 4.19. The molecule has 0 fully saturated rings. The number of halogens is 1. The molecule has 0 spiro atoms. The van der Waals surface area contributed by atoms with Crippen LogP contribution in [0.4, 0.5) is 5.69 Å². The van der Waals surface area contributed by atoms with Gasteiger partial charge in [0.2, 0.25) is 0 Å². The van der Waals surface area contributed by atoms with E-state index in [1.807, 2.05) is 6.07 Å². The smallest absolute Gasteiger partial charge is 0.269 e. The van der Waals surface area contributed by atoms with Gasteiger partial charge in [-0.05, 0) is 57.4 Å². The van der Waals surface area contributed by atoms with Gasteiger partial charge in [0.15, 0.2) is 0 Å². The molecule has 0 bridgehead atoms. The summed E-state index contributed by atoms with van der Waals surface area (Å²) in [6.07, 6.45) is 1.51. The van der Waals surface area contributed by atoms with Gasteiger partial charge in [-0.15, -0.1) is 0 Å². The highest BCUT2D eigenvalue weighted by Gasteiger charge is 2.12. The van der Waals surface area contributed by atoms with Crippen molar-refractivity contribution in [2.24, 2.45) is 0 Å². The first-order valence-electron chi connectivity index (χ1n) is 7.81. The van der Waals surface area contributed by atoms with Crippen LogP contribution in [-0.2, 0) is 11.4 Å². The second kappa shape index (κ2) is 8.96. The van der Waals surface area contributed by atoms with Gasteiger partial charge in [0.05, 0.1) is 9.40 Å². The fourth-order valence-corrected chi connectivity index (χ4v) is 2.66. The number of nitrogens with zero attached hydrogens (tertiary/aromatic N) is 3. The number of hydrogen-bond donors (Lipinski definition) is 0. The molecule has 0 atom stereocenters. The fourth-order valence-electron chi connectivity index (χ4n) is 2.15. The van der Waals surface area contributed by atoms with Gasteiger partial charge in [0.1, 0.15) is 24.0 Å². The molecule has 2 aromatic rings. The number of non-ortho nitro benzene ring substituents is 1. The standard InChI is InChI=1S/C19H16BrN3O4/c1-22(2)19(24)15(11-21)9-14-5-8-18(17(20)10-14)27-12-13-3-6-16(7-4-13)23(25)26/h3-10H,12H2,1-2H3/b15-9-. The largest absolute Gasteiger partial charge is 0.488 e. The summed E-state index contributed by atoms with van der Waals surface area (Å²) in [5.41, 5.74) is 1.53. The molecule has 0 saturated heterocycles. The van der Waals surface area contributed by atoms with Crippen molar-refractivity contribution in [3.63, 3.8) is 0 Å². The van der Waals surface area contributed by atoms with Gasteiger partial charge >= 0.3 is 0 Å². The lowest BCUT2D eigenvalue weighted by Gasteiger charge is -2.10. The summed E-state index contributed by atoms with van der Waals surface area (Å²) in [6, 6.07) is 13.2. The molecule has 7 nitrogen and oxygen atoms in total. The lowest BCUT2D eigenvalue weighted by molar-refractivity contribution is -0.384. The van der Waals surface area contributed by atoms with E-state index in [1.54, 1.807) is 44.4 Å². The maximum absolute atomic E-state index is 11.9. The number of nitro benzene ring substituents is 1. The Kier molecular flexibility index (Phi) is 6.68. The Bertz CT molecular complexity index is 931. The van der Waals surface area contributed by atoms with Gasteiger partial charge in [0, 0.05) is 26.2 Å². The maximum Gasteiger partial charge on any atom is 0.269 e. The Morgan fingerprint density at radius 1 is 1.30 bits per heavy atom. The predicted molar refractivity (Wildman–Crippen MR) is 104 cm³/mol. The SMILES string of the molecule is CN(C)C(=O)/C(C#N)=C\c1ccc(OCc2ccc([N+](=O)[O-])cc2)c(Br)c1. The van der Waals surface area contributed by atoms with Crippen LogP contribution in [0.3, 0.4) is 0 Å². The number of carbonyl (C=O) groups excluding carboxylic acids is 1. The zero-order chi connectivity index (χ0) is 20.0. The summed E-state index contributed by atoms with van der Waals surface area (Å²) in [6.45, 7) is 0.244. The molecule has 138 valence electrons. The van der Waals surface area contributed by atoms with E-state index < -0.39 is 4.92 Å². The van der Waals surface area contributed by atoms with Gasteiger partial charge in [-0.1, -0.05) is 6.07 Å². The monoisotopic (exact) mass is 429 g/mol. The Morgan fingerprint density at radius 2 is 1.96 bits per heavy atom. The van der Waals surface area contributed by atoms with E-state index in [2.05, 4.69) is 15.9 Å². The molecule has 0 heterocycles. The minimum Gasteiger partial charge on any atom is -0.488 e. The Hall–Kier alpha value is -3.18. The molecule has 2 rings (SSSR count). The van der Waals surface area contributed by atoms with Crippen LogP contribution >= 0.6 is 15.9 Å². The number of ether oxygens (including phenoxy) is 1. The number of hydrogen-bond acceptors (Lipinski definition) is 5. The van der Waals surface area contributed by atoms with Crippen molar-refractivity contribution in [3.05, 3.63) is 73.8 Å². The lowest BCUT2D eigenvalue weighted by Crippen LogP contribution is -2.22. The molecule has 0 aliphatic rings. The first-order valence-corrected chi connectivity index (χ1v) is 8.60. The van der Waals surface area contributed by atoms with E-state index in [-0.39, 0.29) is 23.8 Å². The number of amides is 1. The van der Waals surface area contributed by atoms with Crippen LogP contribution in [0.25, 0.3) is 6.08 Å². The highest BCUT2D eigenvalue weighted by Crippen LogP contribution is 2.28. The van der Waals surface area contributed by atoms with Gasteiger partial charge in [0.25, 0.3) is 11.6 Å². The van der Waals surface area contributed by atoms with Crippen molar-refractivity contribution in [3.8, 4) is 11.8 Å². The minimum atomic E-state index is -0.454. The molecule has 0 radical (unpaired) electrons. The molecule has 0 N–H and O–H groups in total. The van der Waals surface area contributed by atoms with Gasteiger partial charge in [-0.25, -0.2) is 0 Å². The number of rotatable bonds is 6. The van der Waals surface area contributed by atoms with E-state index in [0.717, 1.165) is 5.56 Å². The highest BCUT2D eigenvalue weighted by molar-refractivity contribution is 9.10. The predicted octanol–water partition coefficient (Wildman–Crippen LogP) is 3.93. The normalized spacial score (nSPS) is 10.8. The molecular weight excluding hydrogens is 414 g/mol. The van der Waals surface area contributed by atoms with Crippen LogP contribution in [0, 0.1) is 21.4 Å². The lowest BCUT2D eigenvalue weighted by atomic mass is 10.1. The second-order valence-electron chi connectivity index (χ2n) is 5.77. The van der Waals surface area contributed by atoms with Crippen molar-refractivity contribution < 1.29 is 14.5 Å². The zero-order valence-electron chi connectivity index (χ0n) is 14.7. The number of nitro groups is 1. The first kappa shape index (κ1) is 20.1. The van der Waals surface area contributed by atoms with E-state index in [1.165, 1.54) is 23.1 Å². The van der Waals surface area contributed by atoms with Crippen molar-refractivity contribution in [1.82, 2.24) is 4.90 Å². The summed E-state index contributed by atoms with van der Waals surface area (Å²) in [5, 5.41) is 19.8. The van der Waals surface area contributed by atoms with Crippen LogP contribution in [0.5, 0.6) is 5.75 Å². The first-order chi connectivity index (χ1) is 12.8. The summed E-state index contributed by atoms with van der Waals surface area (Å²) in [4.78, 5) is 23.5. The molecule has 0 unspecified atom stereocenters. The second-order valence-corrected chi connectivity index (χ2v) is 6.63. The minimum absolute atomic E-state index is 0.0247. The van der Waals surface area contributed by atoms with Crippen molar-refractivity contribution in [2.45, 2.75) is 6.61 Å². The zero-order valence-corrected chi connectivity index (χ0v) is 16.3. The quantitative estimate of drug-likeness (QED) is 0.300. The molecule has 0 aromatic heterocycles. The highest BCUT2D eigenvalue weighted by atomic mass is 79.9. The average molecular weight is 430 g/mol. The van der Waals surface area contributed by atoms with Crippen LogP contribution in [0.15, 0.2) is 52.5 Å². The van der Waals surface area contributed by atoms with Crippen molar-refractivity contribution >= 4 is 33.6 Å². The Morgan fingerprint density at radius 3 is 2.48 bits per heavy atom. The number of nitriles is 1. The maximum atomic E-state index is 11.9. The van der Waals surface area contributed by atoms with Gasteiger partial charge in [-0.2, -0.15) is 5.26 Å². The molecule has 0 saturated carbocycles. The molecule has 27 heavy (non-hydrogen) atoms. The number of benzene rings is 2. The van der Waals surface area contributed by atoms with Gasteiger partial charge < -0.3 is 9.64 Å². The molecule has 2 aromatic carbocycles. The van der Waals surface area contributed by atoms with Crippen molar-refractivity contribution in [2.75, 3.05) is 14.1 Å². The van der Waals surface area contributed by atoms with Crippen LogP contribution < -0.4 is 4.74 Å². The Labute approximate surface area is 164 Å². The van der Waals surface area contributed by atoms with E-state index in [0.29, 0.717) is 15.8 Å². The summed E-state index contributed by atoms with van der Waals surface area (Å²) in [7, 11) is 3.16. The van der Waals surface area contributed by atoms with Crippen LogP contribution in [0.1, 0.15) is 11.1 Å². The fraction of sp³-hybridized carbons (Fsp3) is 0.158. The molecule has 0 aliphatic carbocycles. The molecule has 8 heteroatoms. The van der Waals surface area contributed by atoms with E-state index in [4.69, 9.17) is 10.00 Å². The number of likely N-dealkylation sites (N-methyl/N-ethyl adjacent to an activating group) is 1. The average Bonchev–Trinajstić information content (AvgIpc) is 2.65. The van der Waals surface area contributed by atoms with Crippen LogP contribution in [0.2, 0.25) is 0 Å². The number of carbonyl (C=O) groups is 1. The molecule has 1 amide bonds. The van der Waals surface area contributed by atoms with Crippen molar-refractivity contribution in [1.29, 1.82) is 5.26 Å². The van der Waals surface area contributed by atoms with E-state index >= 15 is 0 Å². The third-order valence-electron chi connectivity index (χ3n) is 3.57. The van der Waals surface area contributed by atoms with Gasteiger partial charge in [-0.3, -0.25) is 14.9 Å². The van der Waals surface area contributed by atoms with Crippen LogP contribution in [-0.4, -0.2) is 29.8 Å². The summed E-state index contributed by atoms with van der Waals surface area (Å²) in [5.74, 6) is 0.204. The Balaban J connectivity index is 2.11. The topological polar surface area (TPSA) is 96.5 Å². The molecule has 0 aliphatic heterocycles. The summed E-state index contributed by atoms with van der Waals surface area (Å²) < 4.78 is 6.38. The summed E-state index contributed by atoms with van der Waals surface area (Å²) >= 11 is 3.41. The molecular formula is C19H16BrN3O4. The van der Waals surface area contributed by atoms with E-state index in [9.17, 15) is 14.9 Å². The third kappa shape index (κ3) is 5.39.